The molecular formula is C24H25N5O2S2. The number of aromatic nitrogens is 4. The van der Waals surface area contributed by atoms with Crippen molar-refractivity contribution in [3.05, 3.63) is 83.7 Å². The lowest BCUT2D eigenvalue weighted by molar-refractivity contribution is 0.521. The molecule has 0 saturated heterocycles. The lowest BCUT2D eigenvalue weighted by atomic mass is 10.1. The first-order valence-electron chi connectivity index (χ1n) is 10.4. The van der Waals surface area contributed by atoms with E-state index in [4.69, 9.17) is 0 Å². The van der Waals surface area contributed by atoms with Crippen LogP contribution in [-0.2, 0) is 15.8 Å². The highest BCUT2D eigenvalue weighted by molar-refractivity contribution is 7.98. The Bertz CT molecular complexity index is 1360. The van der Waals surface area contributed by atoms with E-state index in [2.05, 4.69) is 41.2 Å². The minimum absolute atomic E-state index is 0.214. The number of hydrogen-bond donors (Lipinski definition) is 0. The normalized spacial score (nSPS) is 11.8. The van der Waals surface area contributed by atoms with Crippen molar-refractivity contribution in [1.82, 2.24) is 24.1 Å². The number of nitrogens with zero attached hydrogens (tertiary/aromatic N) is 5. The van der Waals surface area contributed by atoms with E-state index in [1.165, 1.54) is 18.4 Å². The second kappa shape index (κ2) is 9.46. The van der Waals surface area contributed by atoms with Gasteiger partial charge in [0.15, 0.2) is 11.0 Å². The van der Waals surface area contributed by atoms with Crippen LogP contribution < -0.4 is 0 Å². The van der Waals surface area contributed by atoms with Gasteiger partial charge in [-0.2, -0.15) is 0 Å². The fourth-order valence-corrected chi connectivity index (χ4v) is 5.37. The van der Waals surface area contributed by atoms with E-state index < -0.39 is 10.0 Å². The molecule has 0 saturated carbocycles. The van der Waals surface area contributed by atoms with Crippen molar-refractivity contribution >= 4 is 21.8 Å². The number of sulfonamides is 1. The second-order valence-electron chi connectivity index (χ2n) is 7.85. The SMILES string of the molecule is Cc1cccc(C)c1-n1c(SCc2cccnc2)nnc1-c1cccc(S(=O)(=O)N(C)C)c1. The maximum Gasteiger partial charge on any atom is 0.242 e. The monoisotopic (exact) mass is 479 g/mol. The molecular weight excluding hydrogens is 454 g/mol. The molecule has 0 N–H and O–H groups in total. The number of aryl methyl sites for hydroxylation is 2. The van der Waals surface area contributed by atoms with Gasteiger partial charge in [-0.1, -0.05) is 48.2 Å². The smallest absolute Gasteiger partial charge is 0.242 e. The van der Waals surface area contributed by atoms with Crippen LogP contribution in [0, 0.1) is 13.8 Å². The third-order valence-corrected chi connectivity index (χ3v) is 8.07. The Morgan fingerprint density at radius 3 is 2.36 bits per heavy atom. The fourth-order valence-electron chi connectivity index (χ4n) is 3.55. The van der Waals surface area contributed by atoms with Crippen LogP contribution in [-0.4, -0.2) is 46.6 Å². The van der Waals surface area contributed by atoms with Gasteiger partial charge in [-0.25, -0.2) is 12.7 Å². The van der Waals surface area contributed by atoms with Crippen LogP contribution in [0.3, 0.4) is 0 Å². The Labute approximate surface area is 198 Å². The number of benzene rings is 2. The highest BCUT2D eigenvalue weighted by atomic mass is 32.2. The van der Waals surface area contributed by atoms with E-state index in [-0.39, 0.29) is 4.90 Å². The van der Waals surface area contributed by atoms with Crippen molar-refractivity contribution in [2.45, 2.75) is 29.7 Å². The molecule has 170 valence electrons. The van der Waals surface area contributed by atoms with E-state index in [9.17, 15) is 8.42 Å². The molecule has 33 heavy (non-hydrogen) atoms. The number of hydrogen-bond acceptors (Lipinski definition) is 6. The van der Waals surface area contributed by atoms with E-state index in [0.717, 1.165) is 27.5 Å². The van der Waals surface area contributed by atoms with Gasteiger partial charge in [0.05, 0.1) is 10.6 Å². The van der Waals surface area contributed by atoms with Crippen LogP contribution in [0.5, 0.6) is 0 Å². The maximum absolute atomic E-state index is 12.7. The first kappa shape index (κ1) is 23.2. The largest absolute Gasteiger partial charge is 0.269 e. The summed E-state index contributed by atoms with van der Waals surface area (Å²) in [6.45, 7) is 4.10. The summed E-state index contributed by atoms with van der Waals surface area (Å²) in [7, 11) is -0.533. The van der Waals surface area contributed by atoms with E-state index in [1.54, 1.807) is 36.2 Å². The topological polar surface area (TPSA) is 81.0 Å². The second-order valence-corrected chi connectivity index (χ2v) is 10.9. The molecule has 2 aromatic heterocycles. The van der Waals surface area contributed by atoms with Gasteiger partial charge in [-0.3, -0.25) is 9.55 Å². The number of pyridine rings is 1. The highest BCUT2D eigenvalue weighted by Gasteiger charge is 2.22. The molecule has 2 heterocycles. The molecule has 0 fully saturated rings. The summed E-state index contributed by atoms with van der Waals surface area (Å²) in [6.07, 6.45) is 3.59. The molecule has 9 heteroatoms. The standard InChI is InChI=1S/C24H25N5O2S2/c1-17-8-5-9-18(2)22(17)29-23(20-11-6-12-21(14-20)33(30,31)28(3)4)26-27-24(29)32-16-19-10-7-13-25-15-19/h5-15H,16H2,1-4H3. The molecule has 7 nitrogen and oxygen atoms in total. The molecule has 4 aromatic rings. The molecule has 0 aliphatic rings. The molecule has 0 amide bonds. The van der Waals surface area contributed by atoms with Crippen molar-refractivity contribution in [2.75, 3.05) is 14.1 Å². The number of para-hydroxylation sites is 1. The molecule has 0 unspecified atom stereocenters. The van der Waals surface area contributed by atoms with Crippen LogP contribution in [0.1, 0.15) is 16.7 Å². The van der Waals surface area contributed by atoms with Crippen molar-refractivity contribution in [2.24, 2.45) is 0 Å². The van der Waals surface area contributed by atoms with Crippen LogP contribution in [0.2, 0.25) is 0 Å². The van der Waals surface area contributed by atoms with Crippen molar-refractivity contribution in [3.8, 4) is 17.1 Å². The Morgan fingerprint density at radius 2 is 1.70 bits per heavy atom. The van der Waals surface area contributed by atoms with Gasteiger partial charge in [0.1, 0.15) is 0 Å². The van der Waals surface area contributed by atoms with Crippen LogP contribution >= 0.6 is 11.8 Å². The lowest BCUT2D eigenvalue weighted by Crippen LogP contribution is -2.22. The molecule has 2 aromatic carbocycles. The molecule has 0 aliphatic carbocycles. The summed E-state index contributed by atoms with van der Waals surface area (Å²) < 4.78 is 28.7. The summed E-state index contributed by atoms with van der Waals surface area (Å²) in [5, 5.41) is 9.71. The quantitative estimate of drug-likeness (QED) is 0.363. The third-order valence-electron chi connectivity index (χ3n) is 5.26. The zero-order chi connectivity index (χ0) is 23.6. The van der Waals surface area contributed by atoms with Crippen LogP contribution in [0.25, 0.3) is 17.1 Å². The first-order valence-corrected chi connectivity index (χ1v) is 12.8. The van der Waals surface area contributed by atoms with Crippen molar-refractivity contribution in [3.63, 3.8) is 0 Å². The predicted molar refractivity (Wildman–Crippen MR) is 131 cm³/mol. The lowest BCUT2D eigenvalue weighted by Gasteiger charge is -2.16. The molecule has 4 rings (SSSR count). The van der Waals surface area contributed by atoms with Gasteiger partial charge in [0.25, 0.3) is 0 Å². The summed E-state index contributed by atoms with van der Waals surface area (Å²) >= 11 is 1.57. The summed E-state index contributed by atoms with van der Waals surface area (Å²) in [5.41, 5.74) is 4.92. The average Bonchev–Trinajstić information content (AvgIpc) is 3.22. The van der Waals surface area contributed by atoms with E-state index >= 15 is 0 Å². The summed E-state index contributed by atoms with van der Waals surface area (Å²) in [5.74, 6) is 1.28. The van der Waals surface area contributed by atoms with Crippen molar-refractivity contribution < 1.29 is 8.42 Å². The fraction of sp³-hybridized carbons (Fsp3) is 0.208. The van der Waals surface area contributed by atoms with Crippen LogP contribution in [0.15, 0.2) is 77.0 Å². The zero-order valence-electron chi connectivity index (χ0n) is 18.9. The molecule has 0 bridgehead atoms. The first-order chi connectivity index (χ1) is 15.8. The Hall–Kier alpha value is -3.01. The number of thioether (sulfide) groups is 1. The van der Waals surface area contributed by atoms with Gasteiger partial charge in [0.2, 0.25) is 10.0 Å². The molecule has 0 radical (unpaired) electrons. The summed E-state index contributed by atoms with van der Waals surface area (Å²) in [4.78, 5) is 4.40. The van der Waals surface area contributed by atoms with Gasteiger partial charge in [0, 0.05) is 37.8 Å². The van der Waals surface area contributed by atoms with E-state index in [0.29, 0.717) is 17.1 Å². The third kappa shape index (κ3) is 4.71. The van der Waals surface area contributed by atoms with E-state index in [1.807, 2.05) is 35.0 Å². The molecule has 0 spiro atoms. The maximum atomic E-state index is 12.7. The highest BCUT2D eigenvalue weighted by Crippen LogP contribution is 2.33. The Balaban J connectivity index is 1.85. The predicted octanol–water partition coefficient (Wildman–Crippen LogP) is 4.49. The zero-order valence-corrected chi connectivity index (χ0v) is 20.6. The van der Waals surface area contributed by atoms with Crippen LogP contribution in [0.4, 0.5) is 0 Å². The van der Waals surface area contributed by atoms with Gasteiger partial charge in [-0.15, -0.1) is 10.2 Å². The molecule has 0 aliphatic heterocycles. The minimum Gasteiger partial charge on any atom is -0.269 e. The average molecular weight is 480 g/mol. The minimum atomic E-state index is -3.58. The van der Waals surface area contributed by atoms with Gasteiger partial charge >= 0.3 is 0 Å². The van der Waals surface area contributed by atoms with Gasteiger partial charge in [-0.05, 0) is 48.7 Å². The number of rotatable bonds is 7. The Morgan fingerprint density at radius 1 is 0.970 bits per heavy atom. The summed E-state index contributed by atoms with van der Waals surface area (Å²) in [6, 6.07) is 16.9. The molecule has 0 atom stereocenters. The van der Waals surface area contributed by atoms with Crippen molar-refractivity contribution in [1.29, 1.82) is 0 Å². The van der Waals surface area contributed by atoms with Gasteiger partial charge < -0.3 is 0 Å². The Kier molecular flexibility index (Phi) is 6.64.